The maximum absolute atomic E-state index is 13.1. The van der Waals surface area contributed by atoms with Gasteiger partial charge in [0.25, 0.3) is 0 Å². The summed E-state index contributed by atoms with van der Waals surface area (Å²) >= 11 is 0. The number of benzene rings is 2. The van der Waals surface area contributed by atoms with Crippen LogP contribution >= 0.6 is 0 Å². The molecule has 106 valence electrons. The third-order valence-electron chi connectivity index (χ3n) is 3.52. The van der Waals surface area contributed by atoms with Gasteiger partial charge in [0, 0.05) is 23.2 Å². The number of halogens is 1. The van der Waals surface area contributed by atoms with Crippen LogP contribution in [0.2, 0.25) is 0 Å². The molecule has 1 heterocycles. The SMILES string of the molecule is Nc1cc(C(=O)c2ccc3c(c2)CCC(=O)N3)ccc1F. The Balaban J connectivity index is 1.95. The topological polar surface area (TPSA) is 72.2 Å². The summed E-state index contributed by atoms with van der Waals surface area (Å²) in [5.74, 6) is -0.783. The van der Waals surface area contributed by atoms with Crippen molar-refractivity contribution in [2.75, 3.05) is 11.1 Å². The number of nitrogens with two attached hydrogens (primary N) is 1. The summed E-state index contributed by atoms with van der Waals surface area (Å²) < 4.78 is 13.1. The average molecular weight is 284 g/mol. The van der Waals surface area contributed by atoms with Crippen molar-refractivity contribution < 1.29 is 14.0 Å². The van der Waals surface area contributed by atoms with Crippen molar-refractivity contribution in [3.63, 3.8) is 0 Å². The normalized spacial score (nSPS) is 13.5. The van der Waals surface area contributed by atoms with Crippen molar-refractivity contribution in [2.24, 2.45) is 0 Å². The Bertz CT molecular complexity index is 756. The summed E-state index contributed by atoms with van der Waals surface area (Å²) in [5.41, 5.74) is 7.94. The first-order chi connectivity index (χ1) is 10.0. The summed E-state index contributed by atoms with van der Waals surface area (Å²) in [5, 5.41) is 2.76. The van der Waals surface area contributed by atoms with Crippen molar-refractivity contribution in [1.29, 1.82) is 0 Å². The van der Waals surface area contributed by atoms with E-state index in [1.807, 2.05) is 0 Å². The maximum Gasteiger partial charge on any atom is 0.224 e. The lowest BCUT2D eigenvalue weighted by Gasteiger charge is -2.17. The summed E-state index contributed by atoms with van der Waals surface area (Å²) in [7, 11) is 0. The third kappa shape index (κ3) is 2.50. The van der Waals surface area contributed by atoms with Gasteiger partial charge in [0.2, 0.25) is 5.91 Å². The molecule has 4 nitrogen and oxygen atoms in total. The van der Waals surface area contributed by atoms with Crippen LogP contribution in [-0.4, -0.2) is 11.7 Å². The van der Waals surface area contributed by atoms with Gasteiger partial charge in [-0.1, -0.05) is 0 Å². The monoisotopic (exact) mass is 284 g/mol. The standard InChI is InChI=1S/C16H13FN2O2/c17-12-4-1-11(8-13(12)18)16(21)10-2-5-14-9(7-10)3-6-15(20)19-14/h1-2,4-5,7-8H,3,6,18H2,(H,19,20). The Hall–Kier alpha value is -2.69. The summed E-state index contributed by atoms with van der Waals surface area (Å²) in [6, 6.07) is 9.05. The number of nitrogens with one attached hydrogen (secondary N) is 1. The molecular formula is C16H13FN2O2. The Morgan fingerprint density at radius 3 is 2.57 bits per heavy atom. The molecule has 3 rings (SSSR count). The van der Waals surface area contributed by atoms with Gasteiger partial charge in [-0.3, -0.25) is 9.59 Å². The van der Waals surface area contributed by atoms with E-state index >= 15 is 0 Å². The Morgan fingerprint density at radius 1 is 1.10 bits per heavy atom. The molecule has 3 N–H and O–H groups in total. The van der Waals surface area contributed by atoms with Crippen LogP contribution in [0.15, 0.2) is 36.4 Å². The number of ketones is 1. The minimum atomic E-state index is -0.542. The molecule has 0 atom stereocenters. The number of rotatable bonds is 2. The fraction of sp³-hybridized carbons (Fsp3) is 0.125. The molecule has 2 aromatic carbocycles. The molecule has 0 aromatic heterocycles. The molecule has 0 spiro atoms. The van der Waals surface area contributed by atoms with E-state index in [2.05, 4.69) is 5.32 Å². The highest BCUT2D eigenvalue weighted by Crippen LogP contribution is 2.25. The highest BCUT2D eigenvalue weighted by molar-refractivity contribution is 6.10. The fourth-order valence-corrected chi connectivity index (χ4v) is 2.38. The second-order valence-electron chi connectivity index (χ2n) is 4.99. The molecule has 0 aliphatic carbocycles. The summed E-state index contributed by atoms with van der Waals surface area (Å²) in [6.45, 7) is 0. The first-order valence-corrected chi connectivity index (χ1v) is 6.57. The molecule has 0 bridgehead atoms. The van der Waals surface area contributed by atoms with E-state index in [4.69, 9.17) is 5.73 Å². The van der Waals surface area contributed by atoms with Gasteiger partial charge in [-0.15, -0.1) is 0 Å². The zero-order chi connectivity index (χ0) is 15.0. The van der Waals surface area contributed by atoms with Crippen molar-refractivity contribution in [2.45, 2.75) is 12.8 Å². The van der Waals surface area contributed by atoms with Crippen molar-refractivity contribution in [3.8, 4) is 0 Å². The largest absolute Gasteiger partial charge is 0.396 e. The number of hydrogen-bond donors (Lipinski definition) is 2. The van der Waals surface area contributed by atoms with E-state index in [0.29, 0.717) is 24.0 Å². The highest BCUT2D eigenvalue weighted by Gasteiger charge is 2.17. The molecule has 0 radical (unpaired) electrons. The second-order valence-corrected chi connectivity index (χ2v) is 4.99. The quantitative estimate of drug-likeness (QED) is 0.657. The van der Waals surface area contributed by atoms with E-state index in [1.54, 1.807) is 18.2 Å². The van der Waals surface area contributed by atoms with Gasteiger partial charge in [0.05, 0.1) is 5.69 Å². The maximum atomic E-state index is 13.1. The predicted octanol–water partition coefficient (Wildman–Crippen LogP) is 2.52. The minimum absolute atomic E-state index is 0.0205. The molecule has 1 amide bonds. The fourth-order valence-electron chi connectivity index (χ4n) is 2.38. The molecule has 0 saturated heterocycles. The number of anilines is 2. The first-order valence-electron chi connectivity index (χ1n) is 6.57. The molecule has 1 aliphatic rings. The van der Waals surface area contributed by atoms with E-state index < -0.39 is 5.82 Å². The van der Waals surface area contributed by atoms with E-state index in [-0.39, 0.29) is 17.4 Å². The number of amides is 1. The molecule has 0 unspecified atom stereocenters. The number of nitrogen functional groups attached to an aromatic ring is 1. The smallest absolute Gasteiger partial charge is 0.224 e. The number of aryl methyl sites for hydroxylation is 1. The van der Waals surface area contributed by atoms with Crippen molar-refractivity contribution in [3.05, 3.63) is 58.9 Å². The van der Waals surface area contributed by atoms with Crippen LogP contribution in [0.1, 0.15) is 27.9 Å². The minimum Gasteiger partial charge on any atom is -0.396 e. The zero-order valence-electron chi connectivity index (χ0n) is 11.2. The predicted molar refractivity (Wildman–Crippen MR) is 77.6 cm³/mol. The van der Waals surface area contributed by atoms with Gasteiger partial charge in [-0.2, -0.15) is 0 Å². The van der Waals surface area contributed by atoms with E-state index in [0.717, 1.165) is 11.3 Å². The Morgan fingerprint density at radius 2 is 1.81 bits per heavy atom. The lowest BCUT2D eigenvalue weighted by Crippen LogP contribution is -2.19. The van der Waals surface area contributed by atoms with Crippen LogP contribution in [0.3, 0.4) is 0 Å². The van der Waals surface area contributed by atoms with Crippen LogP contribution in [-0.2, 0) is 11.2 Å². The highest BCUT2D eigenvalue weighted by atomic mass is 19.1. The van der Waals surface area contributed by atoms with E-state index in [1.165, 1.54) is 18.2 Å². The second kappa shape index (κ2) is 5.01. The number of fused-ring (bicyclic) bond motifs is 1. The van der Waals surface area contributed by atoms with Gasteiger partial charge < -0.3 is 11.1 Å². The van der Waals surface area contributed by atoms with Gasteiger partial charge in [0.15, 0.2) is 5.78 Å². The van der Waals surface area contributed by atoms with Gasteiger partial charge in [-0.05, 0) is 48.4 Å². The summed E-state index contributed by atoms with van der Waals surface area (Å²) in [6.07, 6.45) is 1.02. The molecule has 21 heavy (non-hydrogen) atoms. The number of hydrogen-bond acceptors (Lipinski definition) is 3. The van der Waals surface area contributed by atoms with Crippen LogP contribution < -0.4 is 11.1 Å². The molecular weight excluding hydrogens is 271 g/mol. The molecule has 1 aliphatic heterocycles. The molecule has 5 heteroatoms. The van der Waals surface area contributed by atoms with Crippen LogP contribution in [0, 0.1) is 5.82 Å². The molecule has 0 saturated carbocycles. The van der Waals surface area contributed by atoms with Gasteiger partial charge >= 0.3 is 0 Å². The third-order valence-corrected chi connectivity index (χ3v) is 3.52. The number of carbonyl (C=O) groups is 2. The van der Waals surface area contributed by atoms with E-state index in [9.17, 15) is 14.0 Å². The number of carbonyl (C=O) groups excluding carboxylic acids is 2. The van der Waals surface area contributed by atoms with Crippen molar-refractivity contribution in [1.82, 2.24) is 0 Å². The van der Waals surface area contributed by atoms with Crippen LogP contribution in [0.25, 0.3) is 0 Å². The zero-order valence-corrected chi connectivity index (χ0v) is 11.2. The van der Waals surface area contributed by atoms with Crippen LogP contribution in [0.5, 0.6) is 0 Å². The lowest BCUT2D eigenvalue weighted by molar-refractivity contribution is -0.116. The lowest BCUT2D eigenvalue weighted by atomic mass is 9.96. The van der Waals surface area contributed by atoms with Gasteiger partial charge in [0.1, 0.15) is 5.82 Å². The van der Waals surface area contributed by atoms with Gasteiger partial charge in [-0.25, -0.2) is 4.39 Å². The molecule has 2 aromatic rings. The Kier molecular flexibility index (Phi) is 3.17. The van der Waals surface area contributed by atoms with Crippen LogP contribution in [0.4, 0.5) is 15.8 Å². The first kappa shape index (κ1) is 13.3. The van der Waals surface area contributed by atoms with Crippen molar-refractivity contribution >= 4 is 23.1 Å². The summed E-state index contributed by atoms with van der Waals surface area (Å²) in [4.78, 5) is 23.7. The Labute approximate surface area is 120 Å². The average Bonchev–Trinajstić information content (AvgIpc) is 2.49. The molecule has 0 fully saturated rings.